The van der Waals surface area contributed by atoms with Crippen LogP contribution < -0.4 is 14.8 Å². The van der Waals surface area contributed by atoms with Gasteiger partial charge in [-0.25, -0.2) is 4.98 Å². The predicted octanol–water partition coefficient (Wildman–Crippen LogP) is 3.43. The fraction of sp³-hybridized carbons (Fsp3) is 0.391. The molecule has 1 fully saturated rings. The lowest BCUT2D eigenvalue weighted by molar-refractivity contribution is -0.123. The molecule has 2 aliphatic rings. The highest BCUT2D eigenvalue weighted by Gasteiger charge is 2.26. The van der Waals surface area contributed by atoms with E-state index in [-0.39, 0.29) is 12.0 Å². The van der Waals surface area contributed by atoms with Crippen LogP contribution in [-0.4, -0.2) is 54.7 Å². The molecule has 30 heavy (non-hydrogen) atoms. The second-order valence-corrected chi connectivity index (χ2v) is 8.96. The van der Waals surface area contributed by atoms with Crippen molar-refractivity contribution in [3.8, 4) is 11.5 Å². The molecule has 2 aromatic carbocycles. The van der Waals surface area contributed by atoms with E-state index in [1.807, 2.05) is 30.3 Å². The highest BCUT2D eigenvalue weighted by molar-refractivity contribution is 7.18. The number of nitrogens with zero attached hydrogens (tertiary/aromatic N) is 2. The molecule has 0 saturated carbocycles. The van der Waals surface area contributed by atoms with Crippen molar-refractivity contribution in [2.24, 2.45) is 0 Å². The van der Waals surface area contributed by atoms with Gasteiger partial charge in [-0.05, 0) is 43.7 Å². The normalized spacial score (nSPS) is 21.5. The summed E-state index contributed by atoms with van der Waals surface area (Å²) in [5.41, 5.74) is 1.07. The SMILES string of the molecule is O=C(CN1CCC[C@@H](c2nc3ccccc3s2)C1)NC[C@H]1COc2ccccc2O1. The number of piperidine rings is 1. The van der Waals surface area contributed by atoms with Gasteiger partial charge in [-0.2, -0.15) is 0 Å². The Morgan fingerprint density at radius 1 is 1.17 bits per heavy atom. The Labute approximate surface area is 179 Å². The third kappa shape index (κ3) is 4.27. The number of likely N-dealkylation sites (tertiary alicyclic amines) is 1. The van der Waals surface area contributed by atoms with E-state index in [0.717, 1.165) is 42.9 Å². The summed E-state index contributed by atoms with van der Waals surface area (Å²) in [5, 5.41) is 4.20. The number of para-hydroxylation sites is 3. The van der Waals surface area contributed by atoms with Crippen molar-refractivity contribution in [1.82, 2.24) is 15.2 Å². The lowest BCUT2D eigenvalue weighted by Gasteiger charge is -2.31. The summed E-state index contributed by atoms with van der Waals surface area (Å²) in [6, 6.07) is 15.9. The average Bonchev–Trinajstić information content (AvgIpc) is 3.22. The molecule has 3 heterocycles. The molecule has 6 nitrogen and oxygen atoms in total. The van der Waals surface area contributed by atoms with Crippen LogP contribution in [0.1, 0.15) is 23.8 Å². The molecule has 2 aliphatic heterocycles. The van der Waals surface area contributed by atoms with Crippen LogP contribution in [0.5, 0.6) is 11.5 Å². The smallest absolute Gasteiger partial charge is 0.234 e. The minimum absolute atomic E-state index is 0.0300. The first-order chi connectivity index (χ1) is 14.7. The molecule has 156 valence electrons. The van der Waals surface area contributed by atoms with Gasteiger partial charge in [0.15, 0.2) is 11.5 Å². The molecule has 0 spiro atoms. The second kappa shape index (κ2) is 8.62. The van der Waals surface area contributed by atoms with Gasteiger partial charge in [0, 0.05) is 12.5 Å². The van der Waals surface area contributed by atoms with Crippen molar-refractivity contribution in [2.75, 3.05) is 32.8 Å². The Kier molecular flexibility index (Phi) is 5.55. The van der Waals surface area contributed by atoms with Crippen LogP contribution in [0.4, 0.5) is 0 Å². The molecule has 2 atom stereocenters. The number of rotatable bonds is 5. The van der Waals surface area contributed by atoms with E-state index in [0.29, 0.717) is 25.6 Å². The van der Waals surface area contributed by atoms with Gasteiger partial charge >= 0.3 is 0 Å². The van der Waals surface area contributed by atoms with Crippen molar-refractivity contribution < 1.29 is 14.3 Å². The molecule has 1 aromatic heterocycles. The van der Waals surface area contributed by atoms with Crippen LogP contribution >= 0.6 is 11.3 Å². The third-order valence-electron chi connectivity index (χ3n) is 5.63. The van der Waals surface area contributed by atoms with Gasteiger partial charge in [0.2, 0.25) is 5.91 Å². The quantitative estimate of drug-likeness (QED) is 0.681. The van der Waals surface area contributed by atoms with Crippen molar-refractivity contribution in [1.29, 1.82) is 0 Å². The highest BCUT2D eigenvalue weighted by atomic mass is 32.1. The van der Waals surface area contributed by atoms with Gasteiger partial charge < -0.3 is 14.8 Å². The van der Waals surface area contributed by atoms with Gasteiger partial charge in [-0.15, -0.1) is 11.3 Å². The molecule has 0 aliphatic carbocycles. The molecular formula is C23H25N3O3S. The zero-order chi connectivity index (χ0) is 20.3. The topological polar surface area (TPSA) is 63.7 Å². The van der Waals surface area contributed by atoms with Gasteiger partial charge in [-0.3, -0.25) is 9.69 Å². The number of amides is 1. The van der Waals surface area contributed by atoms with E-state index in [9.17, 15) is 4.79 Å². The number of benzene rings is 2. The molecule has 5 rings (SSSR count). The van der Waals surface area contributed by atoms with E-state index < -0.39 is 0 Å². The maximum atomic E-state index is 12.5. The monoisotopic (exact) mass is 423 g/mol. The lowest BCUT2D eigenvalue weighted by Crippen LogP contribution is -2.46. The maximum absolute atomic E-state index is 12.5. The molecule has 1 N–H and O–H groups in total. The van der Waals surface area contributed by atoms with Gasteiger partial charge in [0.25, 0.3) is 0 Å². The van der Waals surface area contributed by atoms with Gasteiger partial charge in [-0.1, -0.05) is 24.3 Å². The molecule has 0 bridgehead atoms. The first-order valence-electron chi connectivity index (χ1n) is 10.5. The van der Waals surface area contributed by atoms with Gasteiger partial charge in [0.1, 0.15) is 12.7 Å². The van der Waals surface area contributed by atoms with Crippen molar-refractivity contribution in [2.45, 2.75) is 24.9 Å². The first-order valence-corrected chi connectivity index (χ1v) is 11.3. The fourth-order valence-corrected chi connectivity index (χ4v) is 5.21. The zero-order valence-corrected chi connectivity index (χ0v) is 17.6. The average molecular weight is 424 g/mol. The highest BCUT2D eigenvalue weighted by Crippen LogP contribution is 2.33. The van der Waals surface area contributed by atoms with Crippen LogP contribution in [0.2, 0.25) is 0 Å². The van der Waals surface area contributed by atoms with Crippen molar-refractivity contribution >= 4 is 27.5 Å². The summed E-state index contributed by atoms with van der Waals surface area (Å²) in [6.45, 7) is 3.13. The minimum Gasteiger partial charge on any atom is -0.486 e. The number of carbonyl (C=O) groups is 1. The summed E-state index contributed by atoms with van der Waals surface area (Å²) < 4.78 is 12.9. The number of carbonyl (C=O) groups excluding carboxylic acids is 1. The fourth-order valence-electron chi connectivity index (χ4n) is 4.12. The van der Waals surface area contributed by atoms with Crippen LogP contribution in [0, 0.1) is 0 Å². The molecule has 3 aromatic rings. The number of thiazole rings is 1. The lowest BCUT2D eigenvalue weighted by atomic mass is 9.99. The summed E-state index contributed by atoms with van der Waals surface area (Å²) in [4.78, 5) is 19.6. The van der Waals surface area contributed by atoms with Crippen molar-refractivity contribution in [3.63, 3.8) is 0 Å². The number of nitrogens with one attached hydrogen (secondary N) is 1. The number of aromatic nitrogens is 1. The standard InChI is InChI=1S/C23H25N3O3S/c27-22(24-12-17-15-28-19-8-2-3-9-20(19)29-17)14-26-11-5-6-16(13-26)23-25-18-7-1-4-10-21(18)30-23/h1-4,7-10,16-17H,5-6,11-15H2,(H,24,27)/t16-,17+/m1/s1. The number of fused-ring (bicyclic) bond motifs is 2. The van der Waals surface area contributed by atoms with Crippen LogP contribution in [0.3, 0.4) is 0 Å². The molecule has 0 radical (unpaired) electrons. The summed E-state index contributed by atoms with van der Waals surface area (Å²) in [5.74, 6) is 1.92. The molecule has 7 heteroatoms. The summed E-state index contributed by atoms with van der Waals surface area (Å²) >= 11 is 1.78. The first kappa shape index (κ1) is 19.3. The van der Waals surface area contributed by atoms with Crippen LogP contribution in [0.15, 0.2) is 48.5 Å². The Bertz CT molecular complexity index is 1000. The van der Waals surface area contributed by atoms with Gasteiger partial charge in [0.05, 0.1) is 28.3 Å². The Morgan fingerprint density at radius 3 is 2.90 bits per heavy atom. The Balaban J connectivity index is 1.13. The van der Waals surface area contributed by atoms with E-state index in [2.05, 4.69) is 28.4 Å². The zero-order valence-electron chi connectivity index (χ0n) is 16.8. The molecule has 0 unspecified atom stereocenters. The van der Waals surface area contributed by atoms with E-state index in [1.54, 1.807) is 11.3 Å². The predicted molar refractivity (Wildman–Crippen MR) is 117 cm³/mol. The summed E-state index contributed by atoms with van der Waals surface area (Å²) in [6.07, 6.45) is 2.05. The largest absolute Gasteiger partial charge is 0.486 e. The second-order valence-electron chi connectivity index (χ2n) is 7.90. The van der Waals surface area contributed by atoms with Crippen molar-refractivity contribution in [3.05, 3.63) is 53.5 Å². The van der Waals surface area contributed by atoms with Crippen LogP contribution in [0.25, 0.3) is 10.2 Å². The van der Waals surface area contributed by atoms with E-state index in [4.69, 9.17) is 14.5 Å². The number of ether oxygens (including phenoxy) is 2. The Morgan fingerprint density at radius 2 is 2.00 bits per heavy atom. The number of hydrogen-bond donors (Lipinski definition) is 1. The maximum Gasteiger partial charge on any atom is 0.234 e. The van der Waals surface area contributed by atoms with Crippen LogP contribution in [-0.2, 0) is 4.79 Å². The summed E-state index contributed by atoms with van der Waals surface area (Å²) in [7, 11) is 0. The number of hydrogen-bond acceptors (Lipinski definition) is 6. The molecule has 1 amide bonds. The van der Waals surface area contributed by atoms with E-state index in [1.165, 1.54) is 9.71 Å². The molecular weight excluding hydrogens is 398 g/mol. The van der Waals surface area contributed by atoms with E-state index >= 15 is 0 Å². The molecule has 1 saturated heterocycles. The Hall–Kier alpha value is -2.64. The minimum atomic E-state index is -0.166. The third-order valence-corrected chi connectivity index (χ3v) is 6.83.